The van der Waals surface area contributed by atoms with Crippen LogP contribution < -0.4 is 10.5 Å². The molecule has 1 aromatic carbocycles. The molecule has 5 nitrogen and oxygen atoms in total. The van der Waals surface area contributed by atoms with Gasteiger partial charge in [-0.15, -0.1) is 0 Å². The first-order valence-corrected chi connectivity index (χ1v) is 7.78. The quantitative estimate of drug-likeness (QED) is 0.694. The normalized spacial score (nSPS) is 15.3. The van der Waals surface area contributed by atoms with Crippen LogP contribution in [0.25, 0.3) is 0 Å². The number of aliphatic hydroxyl groups is 1. The van der Waals surface area contributed by atoms with Crippen molar-refractivity contribution in [1.29, 1.82) is 0 Å². The van der Waals surface area contributed by atoms with Crippen molar-refractivity contribution in [3.8, 4) is 0 Å². The van der Waals surface area contributed by atoms with E-state index in [1.807, 2.05) is 13.8 Å². The van der Waals surface area contributed by atoms with Crippen LogP contribution >= 0.6 is 0 Å². The van der Waals surface area contributed by atoms with E-state index in [4.69, 9.17) is 5.73 Å². The third-order valence-corrected chi connectivity index (χ3v) is 4.08. The lowest BCUT2D eigenvalue weighted by Crippen LogP contribution is -2.41. The first kappa shape index (κ1) is 16.9. The molecular formula is C13H21FN2O3S. The zero-order chi connectivity index (χ0) is 15.6. The van der Waals surface area contributed by atoms with E-state index in [2.05, 4.69) is 4.72 Å². The Kier molecular flexibility index (Phi) is 5.12. The fourth-order valence-electron chi connectivity index (χ4n) is 2.03. The van der Waals surface area contributed by atoms with Gasteiger partial charge in [-0.25, -0.2) is 17.5 Å². The lowest BCUT2D eigenvalue weighted by molar-refractivity contribution is 0.0437. The summed E-state index contributed by atoms with van der Waals surface area (Å²) in [7, 11) is -3.90. The Morgan fingerprint density at radius 2 is 2.00 bits per heavy atom. The maximum absolute atomic E-state index is 13.2. The molecule has 114 valence electrons. The number of nitrogens with two attached hydrogens (primary N) is 1. The van der Waals surface area contributed by atoms with Crippen LogP contribution in [0.15, 0.2) is 23.1 Å². The monoisotopic (exact) mass is 304 g/mol. The van der Waals surface area contributed by atoms with Crippen LogP contribution in [0.3, 0.4) is 0 Å². The zero-order valence-corrected chi connectivity index (χ0v) is 12.7. The van der Waals surface area contributed by atoms with Crippen molar-refractivity contribution in [3.05, 3.63) is 24.0 Å². The Balaban J connectivity index is 2.85. The van der Waals surface area contributed by atoms with Crippen LogP contribution in [0.2, 0.25) is 0 Å². The second-order valence-electron chi connectivity index (χ2n) is 5.64. The highest BCUT2D eigenvalue weighted by Crippen LogP contribution is 2.18. The van der Waals surface area contributed by atoms with E-state index in [0.29, 0.717) is 6.42 Å². The van der Waals surface area contributed by atoms with Gasteiger partial charge in [0.2, 0.25) is 10.0 Å². The van der Waals surface area contributed by atoms with Crippen molar-refractivity contribution in [2.75, 3.05) is 12.3 Å². The van der Waals surface area contributed by atoms with Crippen LogP contribution in [-0.4, -0.2) is 25.7 Å². The Labute approximate surface area is 119 Å². The van der Waals surface area contributed by atoms with E-state index in [-0.39, 0.29) is 23.0 Å². The summed E-state index contributed by atoms with van der Waals surface area (Å²) < 4.78 is 39.5. The highest BCUT2D eigenvalue weighted by Gasteiger charge is 2.25. The number of benzene rings is 1. The summed E-state index contributed by atoms with van der Waals surface area (Å²) in [6, 6.07) is 3.09. The second kappa shape index (κ2) is 6.07. The zero-order valence-electron chi connectivity index (χ0n) is 11.9. The molecule has 0 heterocycles. The van der Waals surface area contributed by atoms with Crippen LogP contribution in [0.1, 0.15) is 27.2 Å². The Morgan fingerprint density at radius 1 is 1.40 bits per heavy atom. The van der Waals surface area contributed by atoms with Crippen LogP contribution in [-0.2, 0) is 10.0 Å². The van der Waals surface area contributed by atoms with Gasteiger partial charge in [0.15, 0.2) is 0 Å². The molecule has 0 aliphatic rings. The second-order valence-corrected chi connectivity index (χ2v) is 7.41. The van der Waals surface area contributed by atoms with Crippen molar-refractivity contribution in [2.45, 2.75) is 37.7 Å². The molecule has 0 saturated carbocycles. The van der Waals surface area contributed by atoms with E-state index in [0.717, 1.165) is 12.1 Å². The van der Waals surface area contributed by atoms with Gasteiger partial charge in [0.05, 0.1) is 10.5 Å². The topological polar surface area (TPSA) is 92.4 Å². The van der Waals surface area contributed by atoms with Gasteiger partial charge in [0.1, 0.15) is 5.82 Å². The van der Waals surface area contributed by atoms with E-state index in [1.54, 1.807) is 6.92 Å². The SMILES string of the molecule is CC(C)CC(C)(O)CNS(=O)(=O)c1cc(N)cc(F)c1. The van der Waals surface area contributed by atoms with Gasteiger partial charge in [-0.2, -0.15) is 0 Å². The van der Waals surface area contributed by atoms with Crippen molar-refractivity contribution in [2.24, 2.45) is 5.92 Å². The Morgan fingerprint density at radius 3 is 2.50 bits per heavy atom. The van der Waals surface area contributed by atoms with Gasteiger partial charge >= 0.3 is 0 Å². The molecule has 0 fully saturated rings. The van der Waals surface area contributed by atoms with Gasteiger partial charge in [-0.05, 0) is 37.5 Å². The number of nitrogens with one attached hydrogen (secondary N) is 1. The van der Waals surface area contributed by atoms with E-state index in [1.165, 1.54) is 6.07 Å². The number of nitrogen functional groups attached to an aromatic ring is 1. The first-order valence-electron chi connectivity index (χ1n) is 6.30. The molecule has 0 bridgehead atoms. The molecule has 1 unspecified atom stereocenters. The number of halogens is 1. The molecule has 0 radical (unpaired) electrons. The average Bonchev–Trinajstić information content (AvgIpc) is 2.23. The highest BCUT2D eigenvalue weighted by molar-refractivity contribution is 7.89. The fraction of sp³-hybridized carbons (Fsp3) is 0.538. The summed E-state index contributed by atoms with van der Waals surface area (Å²) in [5, 5.41) is 10.1. The van der Waals surface area contributed by atoms with Crippen molar-refractivity contribution in [1.82, 2.24) is 4.72 Å². The molecule has 0 aliphatic heterocycles. The average molecular weight is 304 g/mol. The van der Waals surface area contributed by atoms with Crippen molar-refractivity contribution < 1.29 is 17.9 Å². The van der Waals surface area contributed by atoms with Gasteiger partial charge in [-0.3, -0.25) is 0 Å². The summed E-state index contributed by atoms with van der Waals surface area (Å²) in [6.45, 7) is 5.26. The van der Waals surface area contributed by atoms with Crippen molar-refractivity contribution >= 4 is 15.7 Å². The molecule has 20 heavy (non-hydrogen) atoms. The number of hydrogen-bond donors (Lipinski definition) is 3. The number of anilines is 1. The van der Waals surface area contributed by atoms with Crippen LogP contribution in [0.5, 0.6) is 0 Å². The fourth-order valence-corrected chi connectivity index (χ4v) is 3.25. The van der Waals surface area contributed by atoms with E-state index >= 15 is 0 Å². The predicted molar refractivity (Wildman–Crippen MR) is 76.1 cm³/mol. The first-order chi connectivity index (χ1) is 9.02. The minimum absolute atomic E-state index is 0.0271. The molecule has 7 heteroatoms. The third-order valence-electron chi connectivity index (χ3n) is 2.69. The lowest BCUT2D eigenvalue weighted by Gasteiger charge is -2.25. The minimum atomic E-state index is -3.90. The maximum atomic E-state index is 13.2. The number of rotatable bonds is 6. The standard InChI is InChI=1S/C13H21FN2O3S/c1-9(2)7-13(3,17)8-16-20(18,19)12-5-10(14)4-11(15)6-12/h4-6,9,16-17H,7-8,15H2,1-3H3. The highest BCUT2D eigenvalue weighted by atomic mass is 32.2. The van der Waals surface area contributed by atoms with E-state index in [9.17, 15) is 17.9 Å². The van der Waals surface area contributed by atoms with Crippen LogP contribution in [0, 0.1) is 11.7 Å². The molecule has 0 aliphatic carbocycles. The van der Waals surface area contributed by atoms with Crippen molar-refractivity contribution in [3.63, 3.8) is 0 Å². The largest absolute Gasteiger partial charge is 0.399 e. The van der Waals surface area contributed by atoms with Gasteiger partial charge in [-0.1, -0.05) is 13.8 Å². The Hall–Kier alpha value is -1.18. The predicted octanol–water partition coefficient (Wildman–Crippen LogP) is 1.48. The molecule has 0 saturated heterocycles. The molecule has 1 rings (SSSR count). The molecule has 0 aromatic heterocycles. The lowest BCUT2D eigenvalue weighted by atomic mass is 9.95. The number of sulfonamides is 1. The summed E-state index contributed by atoms with van der Waals surface area (Å²) in [5.74, 6) is -0.501. The summed E-state index contributed by atoms with van der Waals surface area (Å²) in [6.07, 6.45) is 0.445. The Bertz CT molecular complexity index is 551. The maximum Gasteiger partial charge on any atom is 0.240 e. The van der Waals surface area contributed by atoms with Crippen LogP contribution in [0.4, 0.5) is 10.1 Å². The smallest absolute Gasteiger partial charge is 0.240 e. The summed E-state index contributed by atoms with van der Waals surface area (Å²) >= 11 is 0. The molecular weight excluding hydrogens is 283 g/mol. The molecule has 4 N–H and O–H groups in total. The van der Waals surface area contributed by atoms with Gasteiger partial charge in [0.25, 0.3) is 0 Å². The summed E-state index contributed by atoms with van der Waals surface area (Å²) in [4.78, 5) is -0.254. The van der Waals surface area contributed by atoms with Gasteiger partial charge < -0.3 is 10.8 Å². The van der Waals surface area contributed by atoms with Gasteiger partial charge in [0, 0.05) is 12.2 Å². The molecule has 1 aromatic rings. The molecule has 0 amide bonds. The third kappa shape index (κ3) is 5.07. The van der Waals surface area contributed by atoms with E-state index < -0.39 is 21.4 Å². The summed E-state index contributed by atoms with van der Waals surface area (Å²) in [5.41, 5.74) is 4.28. The minimum Gasteiger partial charge on any atom is -0.399 e. The number of hydrogen-bond acceptors (Lipinski definition) is 4. The molecule has 1 atom stereocenters. The molecule has 0 spiro atoms.